The third kappa shape index (κ3) is 5.49. The van der Waals surface area contributed by atoms with Crippen molar-refractivity contribution in [1.82, 2.24) is 5.32 Å². The average molecular weight is 384 g/mol. The Morgan fingerprint density at radius 1 is 0.893 bits per heavy atom. The SMILES string of the molecule is CCc1cccc(CC)c1NC(=O)CNC(=O)Cc1ccc(OC)c(OC)c1. The van der Waals surface area contributed by atoms with E-state index in [9.17, 15) is 9.59 Å². The lowest BCUT2D eigenvalue weighted by Gasteiger charge is -2.15. The van der Waals surface area contributed by atoms with Crippen molar-refractivity contribution in [2.45, 2.75) is 33.1 Å². The minimum Gasteiger partial charge on any atom is -0.493 e. The summed E-state index contributed by atoms with van der Waals surface area (Å²) >= 11 is 0. The predicted octanol–water partition coefficient (Wildman–Crippen LogP) is 3.13. The molecule has 150 valence electrons. The minimum absolute atomic E-state index is 0.0761. The fourth-order valence-electron chi connectivity index (χ4n) is 3.00. The van der Waals surface area contributed by atoms with Crippen LogP contribution in [0.4, 0.5) is 5.69 Å². The Labute approximate surface area is 166 Å². The van der Waals surface area contributed by atoms with Crippen LogP contribution in [0.15, 0.2) is 36.4 Å². The Morgan fingerprint density at radius 3 is 2.11 bits per heavy atom. The smallest absolute Gasteiger partial charge is 0.243 e. The molecule has 2 aromatic rings. The number of ether oxygens (including phenoxy) is 2. The quantitative estimate of drug-likeness (QED) is 0.696. The summed E-state index contributed by atoms with van der Waals surface area (Å²) in [5.74, 6) is 0.694. The first-order chi connectivity index (χ1) is 13.5. The molecule has 6 nitrogen and oxygen atoms in total. The summed E-state index contributed by atoms with van der Waals surface area (Å²) in [4.78, 5) is 24.5. The molecule has 0 saturated carbocycles. The second-order valence-electron chi connectivity index (χ2n) is 6.35. The zero-order valence-corrected chi connectivity index (χ0v) is 16.9. The summed E-state index contributed by atoms with van der Waals surface area (Å²) < 4.78 is 10.4. The van der Waals surface area contributed by atoms with E-state index >= 15 is 0 Å². The number of carbonyl (C=O) groups is 2. The molecule has 6 heteroatoms. The van der Waals surface area contributed by atoms with Crippen molar-refractivity contribution >= 4 is 17.5 Å². The maximum atomic E-state index is 12.3. The highest BCUT2D eigenvalue weighted by molar-refractivity contribution is 5.96. The van der Waals surface area contributed by atoms with Crippen LogP contribution < -0.4 is 20.1 Å². The molecule has 2 rings (SSSR count). The van der Waals surface area contributed by atoms with E-state index in [4.69, 9.17) is 9.47 Å². The summed E-state index contributed by atoms with van der Waals surface area (Å²) in [5.41, 5.74) is 3.81. The second kappa shape index (κ2) is 10.3. The number of anilines is 1. The van der Waals surface area contributed by atoms with E-state index in [-0.39, 0.29) is 24.8 Å². The molecule has 0 spiro atoms. The highest BCUT2D eigenvalue weighted by Crippen LogP contribution is 2.27. The van der Waals surface area contributed by atoms with Gasteiger partial charge in [0.1, 0.15) is 0 Å². The van der Waals surface area contributed by atoms with Gasteiger partial charge in [-0.15, -0.1) is 0 Å². The van der Waals surface area contributed by atoms with Crippen LogP contribution in [0, 0.1) is 0 Å². The largest absolute Gasteiger partial charge is 0.493 e. The maximum absolute atomic E-state index is 12.3. The van der Waals surface area contributed by atoms with Gasteiger partial charge in [-0.05, 0) is 41.7 Å². The van der Waals surface area contributed by atoms with Crippen LogP contribution >= 0.6 is 0 Å². The summed E-state index contributed by atoms with van der Waals surface area (Å²) in [7, 11) is 3.11. The Hall–Kier alpha value is -3.02. The predicted molar refractivity (Wildman–Crippen MR) is 110 cm³/mol. The first kappa shape index (κ1) is 21.3. The fourth-order valence-corrected chi connectivity index (χ4v) is 3.00. The minimum atomic E-state index is -0.240. The molecule has 0 saturated heterocycles. The molecule has 0 atom stereocenters. The Morgan fingerprint density at radius 2 is 1.54 bits per heavy atom. The normalized spacial score (nSPS) is 10.3. The highest BCUT2D eigenvalue weighted by atomic mass is 16.5. The van der Waals surface area contributed by atoms with Crippen LogP contribution in [0.1, 0.15) is 30.5 Å². The molecule has 0 heterocycles. The number of carbonyl (C=O) groups excluding carboxylic acids is 2. The van der Waals surface area contributed by atoms with Gasteiger partial charge in [0.05, 0.1) is 27.2 Å². The monoisotopic (exact) mass is 384 g/mol. The second-order valence-corrected chi connectivity index (χ2v) is 6.35. The number of aryl methyl sites for hydroxylation is 2. The van der Waals surface area contributed by atoms with Gasteiger partial charge in [0, 0.05) is 5.69 Å². The molecule has 0 aliphatic heterocycles. The lowest BCUT2D eigenvalue weighted by molar-refractivity contribution is -0.123. The van der Waals surface area contributed by atoms with Crippen molar-refractivity contribution in [2.75, 3.05) is 26.1 Å². The van der Waals surface area contributed by atoms with Crippen molar-refractivity contribution in [3.63, 3.8) is 0 Å². The van der Waals surface area contributed by atoms with Crippen LogP contribution in [0.3, 0.4) is 0 Å². The van der Waals surface area contributed by atoms with E-state index < -0.39 is 0 Å². The molecule has 0 aliphatic carbocycles. The molecule has 2 aromatic carbocycles. The zero-order valence-electron chi connectivity index (χ0n) is 16.9. The van der Waals surface area contributed by atoms with Crippen LogP contribution in [0.5, 0.6) is 11.5 Å². The number of rotatable bonds is 9. The molecular weight excluding hydrogens is 356 g/mol. The molecule has 2 amide bonds. The van der Waals surface area contributed by atoms with Gasteiger partial charge < -0.3 is 20.1 Å². The van der Waals surface area contributed by atoms with Gasteiger partial charge in [0.2, 0.25) is 11.8 Å². The van der Waals surface area contributed by atoms with Gasteiger partial charge in [-0.1, -0.05) is 38.1 Å². The third-order valence-corrected chi connectivity index (χ3v) is 4.52. The summed E-state index contributed by atoms with van der Waals surface area (Å²) in [6, 6.07) is 11.3. The van der Waals surface area contributed by atoms with Crippen molar-refractivity contribution in [1.29, 1.82) is 0 Å². The molecule has 28 heavy (non-hydrogen) atoms. The Bertz CT molecular complexity index is 811. The van der Waals surface area contributed by atoms with Crippen molar-refractivity contribution in [2.24, 2.45) is 0 Å². The van der Waals surface area contributed by atoms with Crippen LogP contribution in [-0.2, 0) is 28.9 Å². The molecule has 0 aromatic heterocycles. The van der Waals surface area contributed by atoms with Gasteiger partial charge in [-0.3, -0.25) is 9.59 Å². The average Bonchev–Trinajstić information content (AvgIpc) is 2.72. The summed E-state index contributed by atoms with van der Waals surface area (Å²) in [5, 5.41) is 5.61. The first-order valence-corrected chi connectivity index (χ1v) is 9.40. The van der Waals surface area contributed by atoms with Gasteiger partial charge in [-0.2, -0.15) is 0 Å². The Kier molecular flexibility index (Phi) is 7.87. The van der Waals surface area contributed by atoms with Gasteiger partial charge >= 0.3 is 0 Å². The topological polar surface area (TPSA) is 76.7 Å². The molecule has 0 unspecified atom stereocenters. The lowest BCUT2D eigenvalue weighted by atomic mass is 10.0. The number of benzene rings is 2. The summed E-state index contributed by atoms with van der Waals surface area (Å²) in [6.45, 7) is 4.03. The molecule has 2 N–H and O–H groups in total. The van der Waals surface area contributed by atoms with Gasteiger partial charge in [-0.25, -0.2) is 0 Å². The van der Waals surface area contributed by atoms with Crippen LogP contribution in [0.25, 0.3) is 0 Å². The lowest BCUT2D eigenvalue weighted by Crippen LogP contribution is -2.34. The molecule has 0 fully saturated rings. The highest BCUT2D eigenvalue weighted by Gasteiger charge is 2.12. The fraction of sp³-hybridized carbons (Fsp3) is 0.364. The number of amides is 2. The Balaban J connectivity index is 1.94. The third-order valence-electron chi connectivity index (χ3n) is 4.52. The summed E-state index contributed by atoms with van der Waals surface area (Å²) in [6.07, 6.45) is 1.81. The van der Waals surface area contributed by atoms with Crippen molar-refractivity contribution in [3.8, 4) is 11.5 Å². The van der Waals surface area contributed by atoms with Crippen LogP contribution in [0.2, 0.25) is 0 Å². The van der Waals surface area contributed by atoms with Gasteiger partial charge in [0.15, 0.2) is 11.5 Å². The van der Waals surface area contributed by atoms with E-state index in [1.807, 2.05) is 18.2 Å². The number of hydrogen-bond donors (Lipinski definition) is 2. The van der Waals surface area contributed by atoms with E-state index in [0.29, 0.717) is 11.5 Å². The molecule has 0 aliphatic rings. The number of para-hydroxylation sites is 1. The van der Waals surface area contributed by atoms with E-state index in [1.54, 1.807) is 32.4 Å². The zero-order chi connectivity index (χ0) is 20.5. The van der Waals surface area contributed by atoms with Crippen molar-refractivity contribution < 1.29 is 19.1 Å². The number of nitrogens with one attached hydrogen (secondary N) is 2. The first-order valence-electron chi connectivity index (χ1n) is 9.40. The standard InChI is InChI=1S/C22H28N2O4/c1-5-16-8-7-9-17(6-2)22(16)24-21(26)14-23-20(25)13-15-10-11-18(27-3)19(12-15)28-4/h7-12H,5-6,13-14H2,1-4H3,(H,23,25)(H,24,26). The van der Waals surface area contributed by atoms with Crippen molar-refractivity contribution in [3.05, 3.63) is 53.1 Å². The number of methoxy groups -OCH3 is 2. The maximum Gasteiger partial charge on any atom is 0.243 e. The molecular formula is C22H28N2O4. The number of hydrogen-bond acceptors (Lipinski definition) is 4. The molecule has 0 bridgehead atoms. The van der Waals surface area contributed by atoms with E-state index in [0.717, 1.165) is 35.2 Å². The van der Waals surface area contributed by atoms with Crippen LogP contribution in [-0.4, -0.2) is 32.6 Å². The van der Waals surface area contributed by atoms with E-state index in [1.165, 1.54) is 0 Å². The van der Waals surface area contributed by atoms with E-state index in [2.05, 4.69) is 24.5 Å². The van der Waals surface area contributed by atoms with Gasteiger partial charge in [0.25, 0.3) is 0 Å². The molecule has 0 radical (unpaired) electrons.